The van der Waals surface area contributed by atoms with E-state index < -0.39 is 0 Å². The Bertz CT molecular complexity index is 1350. The lowest BCUT2D eigenvalue weighted by molar-refractivity contribution is 0.0974. The maximum Gasteiger partial charge on any atom is 0.261 e. The standard InChI is InChI=1S/C24H20ClN3O3S/c1-13-7-9-16(18(25)11-13)23-27-19-12-15(8-10-20(19)31-23)26-24(32)28-22(29)17-6-4-5-14(2)21(17)30-3/h4-12H,1-3H3,(H2,26,28,29,32). The van der Waals surface area contributed by atoms with Crippen LogP contribution in [0.2, 0.25) is 5.02 Å². The highest BCUT2D eigenvalue weighted by molar-refractivity contribution is 7.80. The van der Waals surface area contributed by atoms with Crippen LogP contribution in [0.15, 0.2) is 59.0 Å². The number of anilines is 1. The van der Waals surface area contributed by atoms with E-state index in [0.29, 0.717) is 39.0 Å². The van der Waals surface area contributed by atoms with E-state index in [0.717, 1.165) is 16.7 Å². The number of rotatable bonds is 4. The molecule has 0 radical (unpaired) electrons. The molecule has 0 fully saturated rings. The molecular weight excluding hydrogens is 446 g/mol. The number of thiocarbonyl (C=S) groups is 1. The molecular formula is C24H20ClN3O3S. The highest BCUT2D eigenvalue weighted by Crippen LogP contribution is 2.31. The fraction of sp³-hybridized carbons (Fsp3) is 0.125. The maximum absolute atomic E-state index is 12.6. The van der Waals surface area contributed by atoms with Gasteiger partial charge in [0.2, 0.25) is 5.89 Å². The lowest BCUT2D eigenvalue weighted by atomic mass is 10.1. The van der Waals surface area contributed by atoms with Crippen LogP contribution in [-0.4, -0.2) is 23.1 Å². The summed E-state index contributed by atoms with van der Waals surface area (Å²) in [6, 6.07) is 16.4. The van der Waals surface area contributed by atoms with Gasteiger partial charge >= 0.3 is 0 Å². The molecule has 0 unspecified atom stereocenters. The van der Waals surface area contributed by atoms with E-state index in [1.54, 1.807) is 30.3 Å². The molecule has 0 spiro atoms. The first-order valence-electron chi connectivity index (χ1n) is 9.79. The number of aryl methyl sites for hydroxylation is 2. The van der Waals surface area contributed by atoms with E-state index >= 15 is 0 Å². The zero-order valence-corrected chi connectivity index (χ0v) is 19.2. The summed E-state index contributed by atoms with van der Waals surface area (Å²) >= 11 is 11.7. The molecule has 8 heteroatoms. The van der Waals surface area contributed by atoms with Crippen LogP contribution in [0.1, 0.15) is 21.5 Å². The summed E-state index contributed by atoms with van der Waals surface area (Å²) < 4.78 is 11.2. The summed E-state index contributed by atoms with van der Waals surface area (Å²) in [5.41, 5.74) is 4.95. The van der Waals surface area contributed by atoms with Crippen LogP contribution in [0.25, 0.3) is 22.6 Å². The molecule has 0 aliphatic carbocycles. The number of benzene rings is 3. The first-order valence-corrected chi connectivity index (χ1v) is 10.6. The van der Waals surface area contributed by atoms with Gasteiger partial charge in [0.15, 0.2) is 10.7 Å². The molecule has 0 aliphatic heterocycles. The van der Waals surface area contributed by atoms with E-state index in [1.807, 2.05) is 38.1 Å². The van der Waals surface area contributed by atoms with Crippen molar-refractivity contribution < 1.29 is 13.9 Å². The Balaban J connectivity index is 1.51. The van der Waals surface area contributed by atoms with E-state index in [1.165, 1.54) is 7.11 Å². The number of aromatic nitrogens is 1. The smallest absolute Gasteiger partial charge is 0.261 e. The Morgan fingerprint density at radius 1 is 1.12 bits per heavy atom. The number of fused-ring (bicyclic) bond motifs is 1. The van der Waals surface area contributed by atoms with Gasteiger partial charge < -0.3 is 14.5 Å². The van der Waals surface area contributed by atoms with Gasteiger partial charge in [0.1, 0.15) is 11.3 Å². The van der Waals surface area contributed by atoms with Gasteiger partial charge in [-0.05, 0) is 73.6 Å². The molecule has 4 rings (SSSR count). The number of hydrogen-bond acceptors (Lipinski definition) is 5. The second-order valence-corrected chi connectivity index (χ2v) is 8.06. The molecule has 2 N–H and O–H groups in total. The van der Waals surface area contributed by atoms with E-state index in [2.05, 4.69) is 15.6 Å². The minimum Gasteiger partial charge on any atom is -0.496 e. The number of carbonyl (C=O) groups excluding carboxylic acids is 1. The SMILES string of the molecule is COc1c(C)cccc1C(=O)NC(=S)Nc1ccc2oc(-c3ccc(C)cc3Cl)nc2c1. The molecule has 0 atom stereocenters. The van der Waals surface area contributed by atoms with Crippen molar-refractivity contribution in [2.24, 2.45) is 0 Å². The van der Waals surface area contributed by atoms with Gasteiger partial charge in [0.05, 0.1) is 23.3 Å². The third-order valence-electron chi connectivity index (χ3n) is 4.89. The monoisotopic (exact) mass is 465 g/mol. The van der Waals surface area contributed by atoms with Gasteiger partial charge in [-0.3, -0.25) is 10.1 Å². The number of halogens is 1. The van der Waals surface area contributed by atoms with E-state index in [9.17, 15) is 4.79 Å². The molecule has 0 saturated heterocycles. The van der Waals surface area contributed by atoms with Crippen molar-refractivity contribution in [1.29, 1.82) is 0 Å². The zero-order chi connectivity index (χ0) is 22.8. The number of para-hydroxylation sites is 1. The normalized spacial score (nSPS) is 10.8. The van der Waals surface area contributed by atoms with Gasteiger partial charge in [-0.1, -0.05) is 29.8 Å². The van der Waals surface area contributed by atoms with Crippen LogP contribution in [0, 0.1) is 13.8 Å². The van der Waals surface area contributed by atoms with Crippen molar-refractivity contribution in [2.45, 2.75) is 13.8 Å². The van der Waals surface area contributed by atoms with Crippen molar-refractivity contribution in [1.82, 2.24) is 10.3 Å². The number of amides is 1. The van der Waals surface area contributed by atoms with Crippen LogP contribution in [0.4, 0.5) is 5.69 Å². The molecule has 6 nitrogen and oxygen atoms in total. The lowest BCUT2D eigenvalue weighted by Gasteiger charge is -2.13. The zero-order valence-electron chi connectivity index (χ0n) is 17.7. The number of methoxy groups -OCH3 is 1. The van der Waals surface area contributed by atoms with Crippen LogP contribution >= 0.6 is 23.8 Å². The number of carbonyl (C=O) groups is 1. The Labute approximate surface area is 195 Å². The van der Waals surface area contributed by atoms with Gasteiger partial charge in [-0.2, -0.15) is 0 Å². The number of nitrogens with zero attached hydrogens (tertiary/aromatic N) is 1. The van der Waals surface area contributed by atoms with Crippen molar-refractivity contribution >= 4 is 51.6 Å². The molecule has 0 bridgehead atoms. The number of nitrogens with one attached hydrogen (secondary N) is 2. The summed E-state index contributed by atoms with van der Waals surface area (Å²) in [4.78, 5) is 17.2. The Kier molecular flexibility index (Phi) is 6.12. The Morgan fingerprint density at radius 2 is 1.94 bits per heavy atom. The van der Waals surface area contributed by atoms with Gasteiger partial charge in [0.25, 0.3) is 5.91 Å². The average Bonchev–Trinajstić information content (AvgIpc) is 3.16. The molecule has 3 aromatic carbocycles. The second kappa shape index (κ2) is 8.98. The average molecular weight is 466 g/mol. The number of hydrogen-bond donors (Lipinski definition) is 2. The Hall–Kier alpha value is -3.42. The fourth-order valence-corrected chi connectivity index (χ4v) is 3.88. The molecule has 1 aromatic heterocycles. The van der Waals surface area contributed by atoms with Gasteiger partial charge in [-0.15, -0.1) is 0 Å². The number of ether oxygens (including phenoxy) is 1. The maximum atomic E-state index is 12.6. The molecule has 1 amide bonds. The summed E-state index contributed by atoms with van der Waals surface area (Å²) in [7, 11) is 1.53. The van der Waals surface area contributed by atoms with Crippen molar-refractivity contribution in [3.63, 3.8) is 0 Å². The summed E-state index contributed by atoms with van der Waals surface area (Å²) in [5, 5.41) is 6.41. The third kappa shape index (κ3) is 4.44. The molecule has 0 aliphatic rings. The minimum absolute atomic E-state index is 0.156. The summed E-state index contributed by atoms with van der Waals surface area (Å²) in [6.07, 6.45) is 0. The molecule has 0 saturated carbocycles. The van der Waals surface area contributed by atoms with Crippen LogP contribution in [-0.2, 0) is 0 Å². The minimum atomic E-state index is -0.359. The first kappa shape index (κ1) is 21.8. The van der Waals surface area contributed by atoms with Crippen molar-refractivity contribution in [3.8, 4) is 17.2 Å². The lowest BCUT2D eigenvalue weighted by Crippen LogP contribution is -2.34. The molecule has 162 valence electrons. The van der Waals surface area contributed by atoms with Gasteiger partial charge in [0, 0.05) is 5.69 Å². The van der Waals surface area contributed by atoms with Crippen molar-refractivity contribution in [2.75, 3.05) is 12.4 Å². The van der Waals surface area contributed by atoms with Crippen molar-refractivity contribution in [3.05, 3.63) is 76.3 Å². The highest BCUT2D eigenvalue weighted by Gasteiger charge is 2.16. The molecule has 32 heavy (non-hydrogen) atoms. The first-order chi connectivity index (χ1) is 15.4. The van der Waals surface area contributed by atoms with E-state index in [4.69, 9.17) is 33.0 Å². The predicted molar refractivity (Wildman–Crippen MR) is 131 cm³/mol. The van der Waals surface area contributed by atoms with Crippen LogP contribution < -0.4 is 15.4 Å². The van der Waals surface area contributed by atoms with Gasteiger partial charge in [-0.25, -0.2) is 4.98 Å². The Morgan fingerprint density at radius 3 is 2.69 bits per heavy atom. The summed E-state index contributed by atoms with van der Waals surface area (Å²) in [5.74, 6) is 0.588. The highest BCUT2D eigenvalue weighted by atomic mass is 35.5. The topological polar surface area (TPSA) is 76.4 Å². The third-order valence-corrected chi connectivity index (χ3v) is 5.40. The number of oxazole rings is 1. The quantitative estimate of drug-likeness (QED) is 0.365. The fourth-order valence-electron chi connectivity index (χ4n) is 3.35. The van der Waals surface area contributed by atoms with Crippen LogP contribution in [0.3, 0.4) is 0 Å². The van der Waals surface area contributed by atoms with Crippen LogP contribution in [0.5, 0.6) is 5.75 Å². The van der Waals surface area contributed by atoms with E-state index in [-0.39, 0.29) is 11.0 Å². The molecule has 1 heterocycles. The summed E-state index contributed by atoms with van der Waals surface area (Å²) in [6.45, 7) is 3.84. The second-order valence-electron chi connectivity index (χ2n) is 7.25. The predicted octanol–water partition coefficient (Wildman–Crippen LogP) is 5.90. The largest absolute Gasteiger partial charge is 0.496 e. The molecule has 4 aromatic rings.